The molecule has 1 aromatic carbocycles. The van der Waals surface area contributed by atoms with Crippen molar-refractivity contribution in [1.29, 1.82) is 0 Å². The number of nitrogens with zero attached hydrogens (tertiary/aromatic N) is 1. The highest BCUT2D eigenvalue weighted by Crippen LogP contribution is 2.13. The number of carboxylic acid groups (broad SMARTS) is 1. The number of rotatable bonds is 9. The van der Waals surface area contributed by atoms with E-state index in [1.807, 2.05) is 30.3 Å². The molecule has 0 spiro atoms. The van der Waals surface area contributed by atoms with E-state index in [4.69, 9.17) is 9.84 Å². The average molecular weight is 376 g/mol. The standard InChI is InChI=1S/C19H24N2O6/c22-16(7-4-8-17(23)24)21-11-10-20-19(26)15(21)13-18(25)27-12-9-14-5-2-1-3-6-14/h1-3,5-6,15H,4,7-13H2,(H,20,26)(H,23,24)/t15-/m0/s1. The van der Waals surface area contributed by atoms with Gasteiger partial charge in [0.05, 0.1) is 13.0 Å². The van der Waals surface area contributed by atoms with Crippen LogP contribution in [0.2, 0.25) is 0 Å². The number of esters is 1. The van der Waals surface area contributed by atoms with Gasteiger partial charge in [-0.05, 0) is 12.0 Å². The predicted molar refractivity (Wildman–Crippen MR) is 95.7 cm³/mol. The van der Waals surface area contributed by atoms with E-state index in [0.717, 1.165) is 5.56 Å². The van der Waals surface area contributed by atoms with Crippen molar-refractivity contribution in [3.63, 3.8) is 0 Å². The second kappa shape index (κ2) is 10.3. The number of piperazine rings is 1. The molecule has 0 unspecified atom stereocenters. The first kappa shape index (κ1) is 20.4. The maximum atomic E-state index is 12.3. The van der Waals surface area contributed by atoms with Gasteiger partial charge < -0.3 is 20.1 Å². The average Bonchev–Trinajstić information content (AvgIpc) is 2.64. The quantitative estimate of drug-likeness (QED) is 0.615. The van der Waals surface area contributed by atoms with E-state index in [2.05, 4.69) is 5.32 Å². The number of aliphatic carboxylic acids is 1. The van der Waals surface area contributed by atoms with Crippen molar-refractivity contribution in [2.75, 3.05) is 19.7 Å². The highest BCUT2D eigenvalue weighted by Gasteiger charge is 2.34. The molecule has 0 aliphatic carbocycles. The molecule has 1 fully saturated rings. The van der Waals surface area contributed by atoms with Gasteiger partial charge in [0.15, 0.2) is 0 Å². The van der Waals surface area contributed by atoms with Crippen molar-refractivity contribution in [2.24, 2.45) is 0 Å². The van der Waals surface area contributed by atoms with Crippen LogP contribution >= 0.6 is 0 Å². The molecule has 0 radical (unpaired) electrons. The van der Waals surface area contributed by atoms with Gasteiger partial charge in [-0.3, -0.25) is 19.2 Å². The van der Waals surface area contributed by atoms with E-state index in [1.165, 1.54) is 4.90 Å². The molecule has 1 aromatic rings. The van der Waals surface area contributed by atoms with Crippen LogP contribution in [0.1, 0.15) is 31.2 Å². The minimum atomic E-state index is -0.974. The first-order valence-corrected chi connectivity index (χ1v) is 8.96. The molecule has 0 bridgehead atoms. The molecule has 1 atom stereocenters. The molecule has 27 heavy (non-hydrogen) atoms. The molecule has 8 heteroatoms. The molecule has 1 heterocycles. The number of hydrogen-bond donors (Lipinski definition) is 2. The molecule has 2 rings (SSSR count). The van der Waals surface area contributed by atoms with E-state index < -0.39 is 23.9 Å². The Kier molecular flexibility index (Phi) is 7.79. The van der Waals surface area contributed by atoms with Crippen molar-refractivity contribution < 1.29 is 29.0 Å². The zero-order chi connectivity index (χ0) is 19.6. The van der Waals surface area contributed by atoms with Crippen molar-refractivity contribution in [2.45, 2.75) is 38.1 Å². The third kappa shape index (κ3) is 6.73. The molecule has 1 aliphatic heterocycles. The summed E-state index contributed by atoms with van der Waals surface area (Å²) < 4.78 is 5.20. The van der Waals surface area contributed by atoms with Gasteiger partial charge in [0.1, 0.15) is 6.04 Å². The SMILES string of the molecule is O=C(O)CCCC(=O)N1CCNC(=O)[C@@H]1CC(=O)OCCc1ccccc1. The fourth-order valence-electron chi connectivity index (χ4n) is 2.89. The Bertz CT molecular complexity index is 676. The maximum absolute atomic E-state index is 12.3. The van der Waals surface area contributed by atoms with Crippen molar-refractivity contribution in [1.82, 2.24) is 10.2 Å². The Morgan fingerprint density at radius 3 is 2.63 bits per heavy atom. The maximum Gasteiger partial charge on any atom is 0.308 e. The summed E-state index contributed by atoms with van der Waals surface area (Å²) in [7, 11) is 0. The topological polar surface area (TPSA) is 113 Å². The Morgan fingerprint density at radius 2 is 1.93 bits per heavy atom. The number of ether oxygens (including phenoxy) is 1. The third-order valence-corrected chi connectivity index (χ3v) is 4.29. The van der Waals surface area contributed by atoms with Crippen molar-refractivity contribution in [3.8, 4) is 0 Å². The van der Waals surface area contributed by atoms with Gasteiger partial charge in [-0.15, -0.1) is 0 Å². The van der Waals surface area contributed by atoms with E-state index >= 15 is 0 Å². The van der Waals surface area contributed by atoms with Gasteiger partial charge in [0.2, 0.25) is 11.8 Å². The molecule has 1 aliphatic rings. The number of carbonyl (C=O) groups excluding carboxylic acids is 3. The summed E-state index contributed by atoms with van der Waals surface area (Å²) in [4.78, 5) is 48.5. The molecule has 8 nitrogen and oxygen atoms in total. The first-order chi connectivity index (χ1) is 13.0. The summed E-state index contributed by atoms with van der Waals surface area (Å²) in [6, 6.07) is 8.65. The van der Waals surface area contributed by atoms with Crippen LogP contribution in [0.25, 0.3) is 0 Å². The minimum absolute atomic E-state index is 0.0269. The van der Waals surface area contributed by atoms with E-state index in [1.54, 1.807) is 0 Å². The van der Waals surface area contributed by atoms with Crippen LogP contribution in [0, 0.1) is 0 Å². The van der Waals surface area contributed by atoms with Crippen LogP contribution in [0.4, 0.5) is 0 Å². The lowest BCUT2D eigenvalue weighted by Crippen LogP contribution is -2.57. The number of amides is 2. The number of hydrogen-bond acceptors (Lipinski definition) is 5. The second-order valence-electron chi connectivity index (χ2n) is 6.30. The lowest BCUT2D eigenvalue weighted by molar-refractivity contribution is -0.151. The van der Waals surface area contributed by atoms with Gasteiger partial charge in [-0.1, -0.05) is 30.3 Å². The van der Waals surface area contributed by atoms with E-state index in [9.17, 15) is 19.2 Å². The molecule has 146 valence electrons. The largest absolute Gasteiger partial charge is 0.481 e. The monoisotopic (exact) mass is 376 g/mol. The summed E-state index contributed by atoms with van der Waals surface area (Å²) in [6.07, 6.45) is 0.463. The Balaban J connectivity index is 1.84. The van der Waals surface area contributed by atoms with Gasteiger partial charge in [-0.25, -0.2) is 0 Å². The molecule has 0 aromatic heterocycles. The normalized spacial score (nSPS) is 16.5. The summed E-state index contributed by atoms with van der Waals surface area (Å²) in [5.41, 5.74) is 1.04. The number of carbonyl (C=O) groups is 4. The third-order valence-electron chi connectivity index (χ3n) is 4.29. The smallest absolute Gasteiger partial charge is 0.308 e. The molecule has 2 N–H and O–H groups in total. The molecule has 0 saturated carbocycles. The first-order valence-electron chi connectivity index (χ1n) is 8.96. The van der Waals surface area contributed by atoms with Crippen LogP contribution in [0.15, 0.2) is 30.3 Å². The fourth-order valence-corrected chi connectivity index (χ4v) is 2.89. The summed E-state index contributed by atoms with van der Waals surface area (Å²) in [5.74, 6) is -2.24. The van der Waals surface area contributed by atoms with Crippen LogP contribution in [0.5, 0.6) is 0 Å². The second-order valence-corrected chi connectivity index (χ2v) is 6.30. The van der Waals surface area contributed by atoms with Gasteiger partial charge in [-0.2, -0.15) is 0 Å². The van der Waals surface area contributed by atoms with Crippen LogP contribution in [0.3, 0.4) is 0 Å². The van der Waals surface area contributed by atoms with Crippen LogP contribution in [-0.2, 0) is 30.3 Å². The van der Waals surface area contributed by atoms with Crippen LogP contribution in [-0.4, -0.2) is 59.5 Å². The minimum Gasteiger partial charge on any atom is -0.481 e. The highest BCUT2D eigenvalue weighted by atomic mass is 16.5. The molecule has 1 saturated heterocycles. The lowest BCUT2D eigenvalue weighted by atomic mass is 10.1. The van der Waals surface area contributed by atoms with Gasteiger partial charge in [0.25, 0.3) is 0 Å². The Morgan fingerprint density at radius 1 is 1.19 bits per heavy atom. The summed E-state index contributed by atoms with van der Waals surface area (Å²) >= 11 is 0. The molecular weight excluding hydrogens is 352 g/mol. The lowest BCUT2D eigenvalue weighted by Gasteiger charge is -2.34. The van der Waals surface area contributed by atoms with Gasteiger partial charge >= 0.3 is 11.9 Å². The zero-order valence-electron chi connectivity index (χ0n) is 15.1. The summed E-state index contributed by atoms with van der Waals surface area (Å²) in [6.45, 7) is 0.798. The summed E-state index contributed by atoms with van der Waals surface area (Å²) in [5, 5.41) is 11.3. The zero-order valence-corrected chi connectivity index (χ0v) is 15.1. The van der Waals surface area contributed by atoms with Gasteiger partial charge in [0, 0.05) is 32.4 Å². The van der Waals surface area contributed by atoms with Crippen molar-refractivity contribution >= 4 is 23.8 Å². The predicted octanol–water partition coefficient (Wildman–Crippen LogP) is 0.744. The number of carboxylic acids is 1. The number of benzene rings is 1. The molecule has 2 amide bonds. The van der Waals surface area contributed by atoms with E-state index in [-0.39, 0.29) is 38.2 Å². The van der Waals surface area contributed by atoms with Crippen LogP contribution < -0.4 is 5.32 Å². The Hall–Kier alpha value is -2.90. The Labute approximate surface area is 157 Å². The van der Waals surface area contributed by atoms with E-state index in [0.29, 0.717) is 19.5 Å². The number of nitrogens with one attached hydrogen (secondary N) is 1. The van der Waals surface area contributed by atoms with Crippen molar-refractivity contribution in [3.05, 3.63) is 35.9 Å². The fraction of sp³-hybridized carbons (Fsp3) is 0.474. The molecular formula is C19H24N2O6. The highest BCUT2D eigenvalue weighted by molar-refractivity contribution is 5.92.